The minimum atomic E-state index is -0.417. The van der Waals surface area contributed by atoms with E-state index in [2.05, 4.69) is 24.1 Å². The number of benzene rings is 1. The molecule has 1 aromatic rings. The van der Waals surface area contributed by atoms with Gasteiger partial charge in [-0.25, -0.2) is 0 Å². The number of nitrogens with zero attached hydrogens (tertiary/aromatic N) is 1. The number of anilines is 1. The van der Waals surface area contributed by atoms with E-state index in [1.165, 1.54) is 0 Å². The molecule has 116 valence electrons. The molecular weight excluding hydrogens is 284 g/mol. The van der Waals surface area contributed by atoms with Gasteiger partial charge in [0.1, 0.15) is 6.29 Å². The highest BCUT2D eigenvalue weighted by atomic mass is 35.5. The summed E-state index contributed by atoms with van der Waals surface area (Å²) in [5, 5.41) is 3.95. The Morgan fingerprint density at radius 2 is 1.95 bits per heavy atom. The summed E-state index contributed by atoms with van der Waals surface area (Å²) in [6.45, 7) is 8.34. The van der Waals surface area contributed by atoms with Crippen LogP contribution in [0.15, 0.2) is 12.1 Å². The van der Waals surface area contributed by atoms with Gasteiger partial charge in [-0.15, -0.1) is 0 Å². The van der Waals surface area contributed by atoms with Crippen LogP contribution in [0.3, 0.4) is 0 Å². The Morgan fingerprint density at radius 3 is 2.43 bits per heavy atom. The first-order chi connectivity index (χ1) is 9.93. The summed E-state index contributed by atoms with van der Waals surface area (Å²) in [5.41, 5.74) is 2.77. The van der Waals surface area contributed by atoms with Gasteiger partial charge >= 0.3 is 0 Å². The summed E-state index contributed by atoms with van der Waals surface area (Å²) < 4.78 is 0. The van der Waals surface area contributed by atoms with Crippen LogP contribution in [-0.4, -0.2) is 37.4 Å². The van der Waals surface area contributed by atoms with Crippen LogP contribution in [0.2, 0.25) is 5.02 Å². The van der Waals surface area contributed by atoms with Crippen molar-refractivity contribution in [3.05, 3.63) is 28.3 Å². The van der Waals surface area contributed by atoms with Gasteiger partial charge in [-0.1, -0.05) is 11.6 Å². The quantitative estimate of drug-likeness (QED) is 0.862. The van der Waals surface area contributed by atoms with Gasteiger partial charge in [0.25, 0.3) is 0 Å². The molecule has 0 saturated carbocycles. The Kier molecular flexibility index (Phi) is 4.95. The molecule has 0 unspecified atom stereocenters. The van der Waals surface area contributed by atoms with Crippen LogP contribution in [0.1, 0.15) is 37.8 Å². The van der Waals surface area contributed by atoms with Crippen molar-refractivity contribution in [3.63, 3.8) is 0 Å². The molecule has 0 atom stereocenters. The zero-order valence-corrected chi connectivity index (χ0v) is 14.1. The summed E-state index contributed by atoms with van der Waals surface area (Å²) in [6, 6.07) is 4.43. The van der Waals surface area contributed by atoms with Gasteiger partial charge in [0.2, 0.25) is 0 Å². The monoisotopic (exact) mass is 308 g/mol. The zero-order chi connectivity index (χ0) is 15.6. The first-order valence-electron chi connectivity index (χ1n) is 7.62. The molecule has 1 N–H and O–H groups in total. The van der Waals surface area contributed by atoms with Crippen molar-refractivity contribution in [2.24, 2.45) is 0 Å². The number of aryl methyl sites for hydroxylation is 1. The third-order valence-corrected chi connectivity index (χ3v) is 4.95. The molecule has 0 amide bonds. The van der Waals surface area contributed by atoms with Gasteiger partial charge in [0.05, 0.1) is 5.41 Å². The maximum absolute atomic E-state index is 12.0. The second-order valence-corrected chi connectivity index (χ2v) is 6.74. The fourth-order valence-electron chi connectivity index (χ4n) is 3.36. The van der Waals surface area contributed by atoms with E-state index in [-0.39, 0.29) is 0 Å². The fraction of sp³-hybridized carbons (Fsp3) is 0.588. The van der Waals surface area contributed by atoms with Crippen molar-refractivity contribution in [3.8, 4) is 0 Å². The van der Waals surface area contributed by atoms with Gasteiger partial charge in [0.15, 0.2) is 0 Å². The first kappa shape index (κ1) is 16.3. The molecule has 1 saturated heterocycles. The number of aldehydes is 1. The van der Waals surface area contributed by atoms with Crippen LogP contribution < -0.4 is 5.32 Å². The molecule has 1 aliphatic rings. The lowest BCUT2D eigenvalue weighted by molar-refractivity contribution is -0.114. The number of hydrogen-bond acceptors (Lipinski definition) is 3. The van der Waals surface area contributed by atoms with Crippen molar-refractivity contribution in [1.82, 2.24) is 4.90 Å². The molecule has 0 spiro atoms. The van der Waals surface area contributed by atoms with Gasteiger partial charge < -0.3 is 15.0 Å². The van der Waals surface area contributed by atoms with E-state index in [0.717, 1.165) is 49.0 Å². The molecule has 1 fully saturated rings. The molecule has 0 aromatic heterocycles. The lowest BCUT2D eigenvalue weighted by Gasteiger charge is -2.41. The second-order valence-electron chi connectivity index (χ2n) is 6.30. The summed E-state index contributed by atoms with van der Waals surface area (Å²) in [4.78, 5) is 14.4. The topological polar surface area (TPSA) is 32.3 Å². The third-order valence-electron chi connectivity index (χ3n) is 4.73. The van der Waals surface area contributed by atoms with Gasteiger partial charge in [0, 0.05) is 23.8 Å². The average Bonchev–Trinajstić information content (AvgIpc) is 2.46. The van der Waals surface area contributed by atoms with Crippen molar-refractivity contribution in [2.45, 2.75) is 45.1 Å². The predicted molar refractivity (Wildman–Crippen MR) is 89.4 cm³/mol. The number of hydrogen-bond donors (Lipinski definition) is 1. The third kappa shape index (κ3) is 3.09. The van der Waals surface area contributed by atoms with Crippen LogP contribution in [0.25, 0.3) is 0 Å². The maximum Gasteiger partial charge on any atom is 0.130 e. The largest absolute Gasteiger partial charge is 0.388 e. The van der Waals surface area contributed by atoms with Gasteiger partial charge in [-0.2, -0.15) is 0 Å². The summed E-state index contributed by atoms with van der Waals surface area (Å²) >= 11 is 6.24. The normalized spacial score (nSPS) is 18.8. The van der Waals surface area contributed by atoms with Crippen molar-refractivity contribution in [2.75, 3.05) is 25.5 Å². The number of rotatable bonds is 4. The van der Waals surface area contributed by atoms with Crippen LogP contribution in [0, 0.1) is 6.92 Å². The molecule has 2 rings (SSSR count). The summed E-state index contributed by atoms with van der Waals surface area (Å²) in [7, 11) is 1.90. The van der Waals surface area contributed by atoms with Gasteiger partial charge in [-0.05, 0) is 70.0 Å². The predicted octanol–water partition coefficient (Wildman–Crippen LogP) is 3.63. The lowest BCUT2D eigenvalue weighted by atomic mass is 9.72. The van der Waals surface area contributed by atoms with E-state index < -0.39 is 5.41 Å². The number of carbonyl (C=O) groups excluding carboxylic acids is 1. The Balaban J connectivity index is 2.41. The highest BCUT2D eigenvalue weighted by Gasteiger charge is 2.38. The average molecular weight is 309 g/mol. The Morgan fingerprint density at radius 1 is 1.33 bits per heavy atom. The van der Waals surface area contributed by atoms with Crippen LogP contribution in [0.4, 0.5) is 5.69 Å². The minimum Gasteiger partial charge on any atom is -0.388 e. The van der Waals surface area contributed by atoms with E-state index in [9.17, 15) is 4.79 Å². The smallest absolute Gasteiger partial charge is 0.130 e. The molecule has 4 heteroatoms. The Bertz CT molecular complexity index is 520. The minimum absolute atomic E-state index is 0.417. The van der Waals surface area contributed by atoms with E-state index in [4.69, 9.17) is 11.6 Å². The molecule has 0 radical (unpaired) electrons. The SMILES string of the molecule is CNc1c(C)cc(Cl)cc1C1(C=O)CCN(C(C)C)CC1. The number of likely N-dealkylation sites (tertiary alicyclic amines) is 1. The molecule has 3 nitrogen and oxygen atoms in total. The van der Waals surface area contributed by atoms with E-state index >= 15 is 0 Å². The lowest BCUT2D eigenvalue weighted by Crippen LogP contribution is -2.46. The molecular formula is C17H25ClN2O. The summed E-state index contributed by atoms with van der Waals surface area (Å²) in [5.74, 6) is 0. The molecule has 1 heterocycles. The number of nitrogens with one attached hydrogen (secondary N) is 1. The fourth-order valence-corrected chi connectivity index (χ4v) is 3.63. The van der Waals surface area contributed by atoms with Crippen molar-refractivity contribution >= 4 is 23.6 Å². The molecule has 21 heavy (non-hydrogen) atoms. The Hall–Kier alpha value is -1.06. The van der Waals surface area contributed by atoms with Gasteiger partial charge in [-0.3, -0.25) is 0 Å². The van der Waals surface area contributed by atoms with Crippen LogP contribution in [0.5, 0.6) is 0 Å². The maximum atomic E-state index is 12.0. The highest BCUT2D eigenvalue weighted by Crippen LogP contribution is 2.40. The van der Waals surface area contributed by atoms with Crippen LogP contribution >= 0.6 is 11.6 Å². The van der Waals surface area contributed by atoms with E-state index in [1.807, 2.05) is 26.1 Å². The zero-order valence-electron chi connectivity index (χ0n) is 13.4. The number of piperidine rings is 1. The van der Waals surface area contributed by atoms with Crippen molar-refractivity contribution in [1.29, 1.82) is 0 Å². The van der Waals surface area contributed by atoms with Crippen molar-refractivity contribution < 1.29 is 4.79 Å². The van der Waals surface area contributed by atoms with Crippen LogP contribution in [-0.2, 0) is 10.2 Å². The second kappa shape index (κ2) is 6.37. The van der Waals surface area contributed by atoms with E-state index in [0.29, 0.717) is 11.1 Å². The number of carbonyl (C=O) groups is 1. The molecule has 0 bridgehead atoms. The molecule has 1 aliphatic heterocycles. The number of halogens is 1. The molecule has 0 aliphatic carbocycles. The summed E-state index contributed by atoms with van der Waals surface area (Å²) in [6.07, 6.45) is 2.84. The Labute approximate surface area is 132 Å². The molecule has 1 aromatic carbocycles. The standard InChI is InChI=1S/C17H25ClN2O/c1-12(2)20-7-5-17(11-21,6-8-20)15-10-14(18)9-13(3)16(15)19-4/h9-12,19H,5-8H2,1-4H3. The first-order valence-corrected chi connectivity index (χ1v) is 8.00. The van der Waals surface area contributed by atoms with E-state index in [1.54, 1.807) is 0 Å². The highest BCUT2D eigenvalue weighted by molar-refractivity contribution is 6.30.